The van der Waals surface area contributed by atoms with Crippen molar-refractivity contribution in [3.63, 3.8) is 0 Å². The molecule has 0 heterocycles. The van der Waals surface area contributed by atoms with Gasteiger partial charge in [0.1, 0.15) is 6.04 Å². The van der Waals surface area contributed by atoms with Crippen molar-refractivity contribution in [3.05, 3.63) is 71.3 Å². The van der Waals surface area contributed by atoms with Crippen molar-refractivity contribution in [1.82, 2.24) is 5.32 Å². The zero-order valence-corrected chi connectivity index (χ0v) is 12.1. The van der Waals surface area contributed by atoms with Crippen LogP contribution in [0.1, 0.15) is 16.7 Å². The van der Waals surface area contributed by atoms with Crippen molar-refractivity contribution >= 4 is 0 Å². The maximum absolute atomic E-state index is 13.3. The van der Waals surface area contributed by atoms with Crippen LogP contribution in [0.3, 0.4) is 0 Å². The Morgan fingerprint density at radius 3 is 2.00 bits per heavy atom. The highest BCUT2D eigenvalue weighted by atomic mass is 19.4. The number of alkyl halides is 3. The molecule has 0 radical (unpaired) electrons. The molecule has 0 bridgehead atoms. The van der Waals surface area contributed by atoms with Crippen LogP contribution in [0.2, 0.25) is 0 Å². The molecule has 1 aliphatic carbocycles. The maximum atomic E-state index is 13.3. The minimum atomic E-state index is -4.25. The molecule has 22 heavy (non-hydrogen) atoms. The van der Waals surface area contributed by atoms with E-state index in [1.54, 1.807) is 24.3 Å². The molecule has 0 aromatic heterocycles. The second-order valence-corrected chi connectivity index (χ2v) is 5.82. The summed E-state index contributed by atoms with van der Waals surface area (Å²) in [6, 6.07) is 15.1. The van der Waals surface area contributed by atoms with Crippen molar-refractivity contribution in [2.75, 3.05) is 0 Å². The molecular formula is C18H18F3N. The molecular weight excluding hydrogens is 287 g/mol. The molecule has 1 nitrogen and oxygen atoms in total. The Hall–Kier alpha value is -1.81. The van der Waals surface area contributed by atoms with Gasteiger partial charge in [0.15, 0.2) is 0 Å². The molecule has 3 rings (SSSR count). The summed E-state index contributed by atoms with van der Waals surface area (Å²) in [5, 5.41) is 2.83. The van der Waals surface area contributed by atoms with Gasteiger partial charge in [0.25, 0.3) is 0 Å². The number of nitrogens with one attached hydrogen (secondary N) is 1. The Morgan fingerprint density at radius 1 is 0.909 bits per heavy atom. The van der Waals surface area contributed by atoms with Crippen molar-refractivity contribution in [2.45, 2.75) is 37.5 Å². The molecule has 2 aromatic carbocycles. The Labute approximate surface area is 128 Å². The van der Waals surface area contributed by atoms with Crippen molar-refractivity contribution in [2.24, 2.45) is 0 Å². The van der Waals surface area contributed by atoms with Crippen LogP contribution in [0.4, 0.5) is 13.2 Å². The second-order valence-electron chi connectivity index (χ2n) is 5.82. The first-order valence-corrected chi connectivity index (χ1v) is 7.46. The van der Waals surface area contributed by atoms with Crippen LogP contribution in [0, 0.1) is 0 Å². The van der Waals surface area contributed by atoms with Gasteiger partial charge in [0, 0.05) is 6.04 Å². The molecule has 1 atom stereocenters. The van der Waals surface area contributed by atoms with Crippen LogP contribution in [0.15, 0.2) is 54.6 Å². The van der Waals surface area contributed by atoms with E-state index in [0.29, 0.717) is 18.4 Å². The molecule has 0 amide bonds. The largest absolute Gasteiger partial charge is 0.404 e. The Morgan fingerprint density at radius 2 is 1.45 bits per heavy atom. The lowest BCUT2D eigenvalue weighted by Crippen LogP contribution is -2.49. The molecule has 116 valence electrons. The third kappa shape index (κ3) is 3.50. The number of benzene rings is 2. The van der Waals surface area contributed by atoms with E-state index in [4.69, 9.17) is 0 Å². The van der Waals surface area contributed by atoms with Gasteiger partial charge in [-0.15, -0.1) is 0 Å². The van der Waals surface area contributed by atoms with Gasteiger partial charge in [-0.1, -0.05) is 54.6 Å². The smallest absolute Gasteiger partial charge is 0.302 e. The predicted molar refractivity (Wildman–Crippen MR) is 80.8 cm³/mol. The van der Waals surface area contributed by atoms with E-state index >= 15 is 0 Å². The number of fused-ring (bicyclic) bond motifs is 1. The first-order valence-electron chi connectivity index (χ1n) is 7.46. The van der Waals surface area contributed by atoms with Crippen LogP contribution in [-0.2, 0) is 19.3 Å². The zero-order valence-electron chi connectivity index (χ0n) is 12.1. The quantitative estimate of drug-likeness (QED) is 0.903. The summed E-state index contributed by atoms with van der Waals surface area (Å²) in [5.74, 6) is 0. The minimum absolute atomic E-state index is 0.0306. The third-order valence-electron chi connectivity index (χ3n) is 4.17. The average Bonchev–Trinajstić information content (AvgIpc) is 2.89. The molecule has 0 spiro atoms. The summed E-state index contributed by atoms with van der Waals surface area (Å²) >= 11 is 0. The molecule has 1 aliphatic rings. The monoisotopic (exact) mass is 305 g/mol. The molecule has 0 unspecified atom stereocenters. The Balaban J connectivity index is 1.70. The van der Waals surface area contributed by atoms with E-state index < -0.39 is 12.2 Å². The summed E-state index contributed by atoms with van der Waals surface area (Å²) in [7, 11) is 0. The molecule has 0 saturated heterocycles. The van der Waals surface area contributed by atoms with Crippen LogP contribution < -0.4 is 5.32 Å². The van der Waals surface area contributed by atoms with E-state index in [0.717, 1.165) is 11.1 Å². The van der Waals surface area contributed by atoms with Crippen LogP contribution in [0.25, 0.3) is 0 Å². The maximum Gasteiger partial charge on any atom is 0.404 e. The summed E-state index contributed by atoms with van der Waals surface area (Å²) < 4.78 is 40.0. The second kappa shape index (κ2) is 6.13. The van der Waals surface area contributed by atoms with E-state index in [1.165, 1.54) is 0 Å². The number of rotatable bonds is 4. The highest BCUT2D eigenvalue weighted by Gasteiger charge is 2.41. The Bertz CT molecular complexity index is 597. The van der Waals surface area contributed by atoms with Crippen molar-refractivity contribution in [1.29, 1.82) is 0 Å². The first-order chi connectivity index (χ1) is 10.5. The number of hydrogen-bond acceptors (Lipinski definition) is 1. The van der Waals surface area contributed by atoms with E-state index in [1.807, 2.05) is 30.3 Å². The first kappa shape index (κ1) is 15.1. The van der Waals surface area contributed by atoms with Crippen molar-refractivity contribution < 1.29 is 13.2 Å². The van der Waals surface area contributed by atoms with E-state index in [2.05, 4.69) is 5.32 Å². The van der Waals surface area contributed by atoms with Gasteiger partial charge in [-0.05, 0) is 36.0 Å². The lowest BCUT2D eigenvalue weighted by atomic mass is 10.0. The lowest BCUT2D eigenvalue weighted by Gasteiger charge is -2.25. The summed E-state index contributed by atoms with van der Waals surface area (Å²) in [4.78, 5) is 0. The summed E-state index contributed by atoms with van der Waals surface area (Å²) in [6.45, 7) is 0. The van der Waals surface area contributed by atoms with Gasteiger partial charge in [-0.3, -0.25) is 0 Å². The molecule has 0 aliphatic heterocycles. The molecule has 0 saturated carbocycles. The third-order valence-corrected chi connectivity index (χ3v) is 4.17. The standard InChI is InChI=1S/C18H18F3N/c19-18(20,21)17(10-13-6-2-1-3-7-13)22-16-11-14-8-4-5-9-15(14)12-16/h1-9,16-17,22H,10-12H2/t17-/m0/s1. The van der Waals surface area contributed by atoms with Gasteiger partial charge in [-0.2, -0.15) is 13.2 Å². The Kier molecular flexibility index (Phi) is 4.21. The topological polar surface area (TPSA) is 12.0 Å². The molecule has 4 heteroatoms. The van der Waals surface area contributed by atoms with Crippen LogP contribution in [-0.4, -0.2) is 18.3 Å². The van der Waals surface area contributed by atoms with E-state index in [9.17, 15) is 13.2 Å². The fraction of sp³-hybridized carbons (Fsp3) is 0.333. The van der Waals surface area contributed by atoms with Crippen LogP contribution in [0.5, 0.6) is 0 Å². The van der Waals surface area contributed by atoms with E-state index in [-0.39, 0.29) is 12.5 Å². The van der Waals surface area contributed by atoms with Gasteiger partial charge >= 0.3 is 6.18 Å². The normalized spacial score (nSPS) is 16.5. The summed E-state index contributed by atoms with van der Waals surface area (Å²) in [5.41, 5.74) is 3.01. The SMILES string of the molecule is FC(F)(F)[C@H](Cc1ccccc1)NC1Cc2ccccc2C1. The lowest BCUT2D eigenvalue weighted by molar-refractivity contribution is -0.157. The molecule has 1 N–H and O–H groups in total. The summed E-state index contributed by atoms with van der Waals surface area (Å²) in [6.07, 6.45) is -2.95. The highest BCUT2D eigenvalue weighted by Crippen LogP contribution is 2.27. The van der Waals surface area contributed by atoms with Gasteiger partial charge in [0.2, 0.25) is 0 Å². The fourth-order valence-corrected chi connectivity index (χ4v) is 3.08. The average molecular weight is 305 g/mol. The van der Waals surface area contributed by atoms with Gasteiger partial charge < -0.3 is 5.32 Å². The highest BCUT2D eigenvalue weighted by molar-refractivity contribution is 5.33. The van der Waals surface area contributed by atoms with Crippen molar-refractivity contribution in [3.8, 4) is 0 Å². The predicted octanol–water partition coefficient (Wildman–Crippen LogP) is 3.92. The van der Waals surface area contributed by atoms with Gasteiger partial charge in [0.05, 0.1) is 0 Å². The van der Waals surface area contributed by atoms with Gasteiger partial charge in [-0.25, -0.2) is 0 Å². The minimum Gasteiger partial charge on any atom is -0.302 e. The van der Waals surface area contributed by atoms with Crippen LogP contribution >= 0.6 is 0 Å². The zero-order chi connectivity index (χ0) is 15.6. The number of hydrogen-bond donors (Lipinski definition) is 1. The fourth-order valence-electron chi connectivity index (χ4n) is 3.08. The molecule has 0 fully saturated rings. The number of halogens is 3. The molecule has 2 aromatic rings.